The van der Waals surface area contributed by atoms with Gasteiger partial charge in [-0.25, -0.2) is 4.98 Å². The van der Waals surface area contributed by atoms with Crippen LogP contribution in [0.3, 0.4) is 0 Å². The summed E-state index contributed by atoms with van der Waals surface area (Å²) in [4.78, 5) is 4.74. The monoisotopic (exact) mass is 438 g/mol. The average molecular weight is 439 g/mol. The summed E-state index contributed by atoms with van der Waals surface area (Å²) in [6.07, 6.45) is 9.15. The fourth-order valence-electron chi connectivity index (χ4n) is 4.05. The number of halogens is 1. The smallest absolute Gasteiger partial charge is 0.144 e. The molecule has 0 saturated heterocycles. The van der Waals surface area contributed by atoms with Gasteiger partial charge in [0, 0.05) is 18.0 Å². The zero-order chi connectivity index (χ0) is 24.3. The Morgan fingerprint density at radius 3 is 1.97 bits per heavy atom. The Morgan fingerprint density at radius 2 is 1.47 bits per heavy atom. The van der Waals surface area contributed by atoms with E-state index in [0.717, 1.165) is 12.2 Å². The molecule has 0 N–H and O–H groups in total. The van der Waals surface area contributed by atoms with Crippen LogP contribution in [0.15, 0.2) is 48.8 Å². The standard InChI is InChI=1S/C23H28N2.C5H12.CH3F/c1-7-23(5,6)20-11-9-8-10-19(20)22-24-12-13-25(22)21-17(3)14-16(2)15-18(21)4;1-3-5-4-2;1-2/h8-15H,7H2,1-6H3;3-5H2,1-2H3;1H3. The summed E-state index contributed by atoms with van der Waals surface area (Å²) in [6.45, 7) is 17.8. The van der Waals surface area contributed by atoms with E-state index in [2.05, 4.69) is 103 Å². The van der Waals surface area contributed by atoms with Crippen molar-refractivity contribution in [1.82, 2.24) is 9.55 Å². The van der Waals surface area contributed by atoms with E-state index in [4.69, 9.17) is 4.98 Å². The van der Waals surface area contributed by atoms with Crippen LogP contribution in [0.4, 0.5) is 4.39 Å². The molecule has 0 aliphatic rings. The summed E-state index contributed by atoms with van der Waals surface area (Å²) < 4.78 is 11.7. The van der Waals surface area contributed by atoms with E-state index in [-0.39, 0.29) is 5.41 Å². The summed E-state index contributed by atoms with van der Waals surface area (Å²) in [5.41, 5.74) is 7.79. The summed E-state index contributed by atoms with van der Waals surface area (Å²) in [5, 5.41) is 0. The van der Waals surface area contributed by atoms with Gasteiger partial charge in [0.2, 0.25) is 0 Å². The first-order valence-electron chi connectivity index (χ1n) is 11.9. The second kappa shape index (κ2) is 13.2. The Labute approximate surface area is 195 Å². The lowest BCUT2D eigenvalue weighted by atomic mass is 9.79. The topological polar surface area (TPSA) is 17.8 Å². The molecule has 2 aromatic carbocycles. The Balaban J connectivity index is 0.000000646. The first kappa shape index (κ1) is 27.6. The molecular formula is C29H43FN2. The summed E-state index contributed by atoms with van der Waals surface area (Å²) in [7, 11) is 0.500. The number of hydrogen-bond acceptors (Lipinski definition) is 1. The Bertz CT molecular complexity index is 928. The van der Waals surface area contributed by atoms with Gasteiger partial charge in [-0.1, -0.05) is 95.8 Å². The van der Waals surface area contributed by atoms with Crippen molar-refractivity contribution < 1.29 is 4.39 Å². The molecule has 0 bridgehead atoms. The fourth-order valence-corrected chi connectivity index (χ4v) is 4.05. The summed E-state index contributed by atoms with van der Waals surface area (Å²) in [6, 6.07) is 13.2. The highest BCUT2D eigenvalue weighted by molar-refractivity contribution is 5.66. The molecule has 176 valence electrons. The molecule has 2 nitrogen and oxygen atoms in total. The highest BCUT2D eigenvalue weighted by Gasteiger charge is 2.24. The molecule has 3 rings (SSSR count). The van der Waals surface area contributed by atoms with Gasteiger partial charge in [-0.15, -0.1) is 0 Å². The zero-order valence-corrected chi connectivity index (χ0v) is 21.7. The van der Waals surface area contributed by atoms with E-state index in [1.165, 1.54) is 52.8 Å². The van der Waals surface area contributed by atoms with Gasteiger partial charge in [0.15, 0.2) is 0 Å². The largest absolute Gasteiger partial charge is 0.299 e. The van der Waals surface area contributed by atoms with Crippen molar-refractivity contribution in [3.8, 4) is 17.1 Å². The molecule has 0 spiro atoms. The third kappa shape index (κ3) is 6.79. The van der Waals surface area contributed by atoms with Gasteiger partial charge in [-0.3, -0.25) is 8.96 Å². The maximum absolute atomic E-state index is 9.50. The molecule has 0 amide bonds. The summed E-state index contributed by atoms with van der Waals surface area (Å²) in [5.74, 6) is 1.02. The molecule has 1 heterocycles. The molecule has 0 unspecified atom stereocenters. The lowest BCUT2D eigenvalue weighted by Crippen LogP contribution is -2.17. The highest BCUT2D eigenvalue weighted by atomic mass is 19.1. The molecule has 0 aliphatic heterocycles. The van der Waals surface area contributed by atoms with Crippen LogP contribution in [-0.4, -0.2) is 16.7 Å². The van der Waals surface area contributed by atoms with Gasteiger partial charge in [0.25, 0.3) is 0 Å². The Hall–Kier alpha value is -2.42. The van der Waals surface area contributed by atoms with Crippen molar-refractivity contribution in [2.75, 3.05) is 7.18 Å². The Morgan fingerprint density at radius 1 is 0.906 bits per heavy atom. The van der Waals surface area contributed by atoms with Crippen LogP contribution >= 0.6 is 0 Å². The van der Waals surface area contributed by atoms with Gasteiger partial charge in [0.05, 0.1) is 12.9 Å². The number of imidazole rings is 1. The lowest BCUT2D eigenvalue weighted by molar-refractivity contribution is 0.507. The number of hydrogen-bond donors (Lipinski definition) is 0. The third-order valence-electron chi connectivity index (χ3n) is 6.01. The first-order valence-corrected chi connectivity index (χ1v) is 11.9. The SMILES string of the molecule is CCC(C)(C)c1ccccc1-c1nccn1-c1c(C)cc(C)cc1C.CCCCC.CF. The Kier molecular flexibility index (Phi) is 11.4. The zero-order valence-electron chi connectivity index (χ0n) is 21.7. The number of alkyl halides is 1. The maximum atomic E-state index is 9.50. The quantitative estimate of drug-likeness (QED) is 0.375. The van der Waals surface area contributed by atoms with Crippen LogP contribution < -0.4 is 0 Å². The van der Waals surface area contributed by atoms with Crippen LogP contribution in [0.2, 0.25) is 0 Å². The van der Waals surface area contributed by atoms with Gasteiger partial charge >= 0.3 is 0 Å². The number of benzene rings is 2. The molecule has 0 saturated carbocycles. The van der Waals surface area contributed by atoms with Crippen LogP contribution in [-0.2, 0) is 5.41 Å². The number of rotatable bonds is 6. The predicted octanol–water partition coefficient (Wildman–Crippen LogP) is 8.93. The maximum Gasteiger partial charge on any atom is 0.144 e. The number of unbranched alkanes of at least 4 members (excludes halogenated alkanes) is 2. The molecule has 0 fully saturated rings. The van der Waals surface area contributed by atoms with Crippen LogP contribution in [0.5, 0.6) is 0 Å². The lowest BCUT2D eigenvalue weighted by Gasteiger charge is -2.26. The second-order valence-corrected chi connectivity index (χ2v) is 9.00. The van der Waals surface area contributed by atoms with Gasteiger partial charge in [-0.2, -0.15) is 0 Å². The van der Waals surface area contributed by atoms with Crippen LogP contribution in [0.1, 0.15) is 82.6 Å². The van der Waals surface area contributed by atoms with Crippen LogP contribution in [0.25, 0.3) is 17.1 Å². The van der Waals surface area contributed by atoms with E-state index in [0.29, 0.717) is 7.18 Å². The van der Waals surface area contributed by atoms with Crippen molar-refractivity contribution >= 4 is 0 Å². The normalized spacial score (nSPS) is 10.7. The van der Waals surface area contributed by atoms with E-state index in [1.807, 2.05) is 6.20 Å². The van der Waals surface area contributed by atoms with Crippen molar-refractivity contribution in [3.63, 3.8) is 0 Å². The highest BCUT2D eigenvalue weighted by Crippen LogP contribution is 2.36. The van der Waals surface area contributed by atoms with Crippen molar-refractivity contribution in [3.05, 3.63) is 71.0 Å². The summed E-state index contributed by atoms with van der Waals surface area (Å²) >= 11 is 0. The molecule has 1 aromatic heterocycles. The number of nitrogens with zero attached hydrogens (tertiary/aromatic N) is 2. The fraction of sp³-hybridized carbons (Fsp3) is 0.483. The van der Waals surface area contributed by atoms with E-state index in [1.54, 1.807) is 0 Å². The minimum atomic E-state index is 0.116. The molecule has 32 heavy (non-hydrogen) atoms. The van der Waals surface area contributed by atoms with E-state index < -0.39 is 0 Å². The van der Waals surface area contributed by atoms with Crippen molar-refractivity contribution in [1.29, 1.82) is 0 Å². The molecule has 0 atom stereocenters. The molecular weight excluding hydrogens is 395 g/mol. The van der Waals surface area contributed by atoms with Gasteiger partial charge in [-0.05, 0) is 49.3 Å². The van der Waals surface area contributed by atoms with E-state index >= 15 is 0 Å². The van der Waals surface area contributed by atoms with Gasteiger partial charge in [0.1, 0.15) is 5.82 Å². The number of aryl methyl sites for hydroxylation is 3. The second-order valence-electron chi connectivity index (χ2n) is 9.00. The van der Waals surface area contributed by atoms with Crippen LogP contribution in [0, 0.1) is 20.8 Å². The van der Waals surface area contributed by atoms with Gasteiger partial charge < -0.3 is 0 Å². The number of aromatic nitrogens is 2. The molecule has 3 heteroatoms. The predicted molar refractivity (Wildman–Crippen MR) is 139 cm³/mol. The minimum Gasteiger partial charge on any atom is -0.299 e. The molecule has 0 radical (unpaired) electrons. The average Bonchev–Trinajstić information content (AvgIpc) is 3.24. The third-order valence-corrected chi connectivity index (χ3v) is 6.01. The molecule has 3 aromatic rings. The van der Waals surface area contributed by atoms with E-state index in [9.17, 15) is 4.39 Å². The molecule has 0 aliphatic carbocycles. The van der Waals surface area contributed by atoms with Crippen molar-refractivity contribution in [2.24, 2.45) is 0 Å². The first-order chi connectivity index (χ1) is 15.3. The van der Waals surface area contributed by atoms with Crippen molar-refractivity contribution in [2.45, 2.75) is 86.5 Å². The minimum absolute atomic E-state index is 0.116.